The van der Waals surface area contributed by atoms with Crippen LogP contribution in [0.25, 0.3) is 0 Å². The summed E-state index contributed by atoms with van der Waals surface area (Å²) in [4.78, 5) is 4.10. The van der Waals surface area contributed by atoms with Crippen molar-refractivity contribution in [1.29, 1.82) is 0 Å². The van der Waals surface area contributed by atoms with Crippen LogP contribution < -0.4 is 10.5 Å². The molecule has 2 fully saturated rings. The van der Waals surface area contributed by atoms with Crippen molar-refractivity contribution in [3.05, 3.63) is 5.36 Å². The van der Waals surface area contributed by atoms with Crippen molar-refractivity contribution in [3.8, 4) is 0 Å². The maximum Gasteiger partial charge on any atom is 0.515 e. The van der Waals surface area contributed by atoms with Crippen molar-refractivity contribution in [3.63, 3.8) is 0 Å². The first-order valence-corrected chi connectivity index (χ1v) is 7.26. The second-order valence-corrected chi connectivity index (χ2v) is 6.53. The Morgan fingerprint density at radius 3 is 2.90 bits per heavy atom. The molecular weight excluding hydrogens is 283 g/mol. The van der Waals surface area contributed by atoms with Crippen molar-refractivity contribution in [2.45, 2.75) is 58.5 Å². The second-order valence-electron chi connectivity index (χ2n) is 5.76. The summed E-state index contributed by atoms with van der Waals surface area (Å²) in [5.41, 5.74) is -1.82. The van der Waals surface area contributed by atoms with Gasteiger partial charge in [-0.05, 0) is 46.3 Å². The quantitative estimate of drug-likeness (QED) is 0.785. The molecule has 1 aromatic rings. The highest BCUT2D eigenvalue weighted by molar-refractivity contribution is 7.14. The largest absolute Gasteiger partial charge is 0.515 e. The van der Waals surface area contributed by atoms with Crippen LogP contribution in [-0.4, -0.2) is 36.3 Å². The summed E-state index contributed by atoms with van der Waals surface area (Å²) in [7, 11) is -1.20. The van der Waals surface area contributed by atoms with E-state index in [-0.39, 0.29) is 15.8 Å². The summed E-state index contributed by atoms with van der Waals surface area (Å²) >= 11 is 0.410. The van der Waals surface area contributed by atoms with Gasteiger partial charge in [0.2, 0.25) is 0 Å². The number of thiazole rings is 1. The van der Waals surface area contributed by atoms with Crippen LogP contribution >= 0.6 is 11.3 Å². The molecule has 2 aliphatic heterocycles. The lowest BCUT2D eigenvalue weighted by Gasteiger charge is -2.32. The molecule has 0 radical (unpaired) electrons. The minimum atomic E-state index is -3.80. The van der Waals surface area contributed by atoms with Crippen LogP contribution in [-0.2, 0) is 9.31 Å². The number of hydrogen-bond donors (Lipinski definition) is 0. The fraction of sp³-hybridized carbons (Fsp3) is 0.800. The molecule has 0 bridgehead atoms. The number of hydrogen-bond acceptors (Lipinski definition) is 5. The molecule has 6 heteroatoms. The fourth-order valence-electron chi connectivity index (χ4n) is 1.81. The van der Waals surface area contributed by atoms with E-state index in [4.69, 9.17) is 27.1 Å². The van der Waals surface area contributed by atoms with Crippen LogP contribution in [0.1, 0.15) is 65.1 Å². The van der Waals surface area contributed by atoms with Crippen LogP contribution in [0.4, 0.5) is 5.13 Å². The summed E-state index contributed by atoms with van der Waals surface area (Å²) in [6.45, 7) is -3.87. The lowest BCUT2D eigenvalue weighted by molar-refractivity contribution is 0.00578. The van der Waals surface area contributed by atoms with Crippen LogP contribution in [0.2, 0.25) is 0 Å². The zero-order valence-electron chi connectivity index (χ0n) is 25.2. The number of nitrogens with zero attached hydrogens (tertiary/aromatic N) is 2. The zero-order chi connectivity index (χ0) is 26.7. The van der Waals surface area contributed by atoms with Crippen molar-refractivity contribution in [1.82, 2.24) is 4.98 Å². The molecule has 0 N–H and O–H groups in total. The molecule has 3 heterocycles. The van der Waals surface area contributed by atoms with Crippen molar-refractivity contribution in [2.75, 3.05) is 17.9 Å². The minimum absolute atomic E-state index is 0.0259. The SMILES string of the molecule is [2H]c1sc(N2C([2H])([2H])C([2H])([2H])C([2H])([2H])C([2H])(C([2H])([2H])[2H])C2([2H])[2H])nc1B1OC(C)(C)C(C)(C)O1. The first-order valence-electron chi connectivity index (χ1n) is 12.9. The summed E-state index contributed by atoms with van der Waals surface area (Å²) in [5, 5.41) is -0.983. The highest BCUT2D eigenvalue weighted by atomic mass is 32.1. The maximum absolute atomic E-state index is 8.48. The van der Waals surface area contributed by atoms with Gasteiger partial charge in [-0.2, -0.15) is 0 Å². The van der Waals surface area contributed by atoms with E-state index in [1.807, 2.05) is 0 Å². The van der Waals surface area contributed by atoms with Crippen LogP contribution in [0.15, 0.2) is 5.36 Å². The van der Waals surface area contributed by atoms with E-state index in [2.05, 4.69) is 4.98 Å². The summed E-state index contributed by atoms with van der Waals surface area (Å²) in [6, 6.07) is 0. The van der Waals surface area contributed by atoms with Gasteiger partial charge in [-0.3, -0.25) is 0 Å². The van der Waals surface area contributed by atoms with E-state index in [0.717, 1.165) is 0 Å². The third kappa shape index (κ3) is 2.85. The molecule has 2 aliphatic rings. The normalized spacial score (nSPS) is 51.0. The highest BCUT2D eigenvalue weighted by Gasteiger charge is 2.52. The van der Waals surface area contributed by atoms with Gasteiger partial charge in [0.25, 0.3) is 0 Å². The van der Waals surface area contributed by atoms with Gasteiger partial charge >= 0.3 is 7.12 Å². The van der Waals surface area contributed by atoms with Crippen molar-refractivity contribution in [2.24, 2.45) is 5.89 Å². The molecular formula is C15H25BN2O2S. The third-order valence-corrected chi connectivity index (χ3v) is 4.48. The molecule has 0 aromatic carbocycles. The second kappa shape index (κ2) is 5.25. The average molecular weight is 321 g/mol. The Morgan fingerprint density at radius 1 is 1.52 bits per heavy atom. The predicted molar refractivity (Wildman–Crippen MR) is 88.4 cm³/mol. The van der Waals surface area contributed by atoms with Gasteiger partial charge in [0, 0.05) is 34.8 Å². The summed E-state index contributed by atoms with van der Waals surface area (Å²) in [5.74, 6) is -3.78. The molecule has 2 saturated heterocycles. The lowest BCUT2D eigenvalue weighted by atomic mass is 9.86. The molecule has 116 valence electrons. The van der Waals surface area contributed by atoms with Gasteiger partial charge in [-0.15, -0.1) is 11.3 Å². The smallest absolute Gasteiger partial charge is 0.398 e. The Labute approximate surface area is 150 Å². The zero-order valence-corrected chi connectivity index (χ0v) is 13.0. The maximum atomic E-state index is 8.48. The molecule has 3 rings (SSSR count). The average Bonchev–Trinajstić information content (AvgIpc) is 3.07. The minimum Gasteiger partial charge on any atom is -0.398 e. The van der Waals surface area contributed by atoms with Crippen molar-refractivity contribution >= 4 is 29.2 Å². The fourth-order valence-corrected chi connectivity index (χ4v) is 2.47. The monoisotopic (exact) mass is 321 g/mol. The topological polar surface area (TPSA) is 34.6 Å². The highest BCUT2D eigenvalue weighted by Crippen LogP contribution is 2.36. The molecule has 0 aliphatic carbocycles. The van der Waals surface area contributed by atoms with Gasteiger partial charge in [-0.25, -0.2) is 4.98 Å². The summed E-state index contributed by atoms with van der Waals surface area (Å²) < 4.78 is 118. The number of aromatic nitrogens is 1. The molecule has 0 spiro atoms. The van der Waals surface area contributed by atoms with Crippen LogP contribution in [0.3, 0.4) is 0 Å². The Hall–Kier alpha value is -0.585. The Kier molecular flexibility index (Phi) is 1.53. The molecule has 21 heavy (non-hydrogen) atoms. The van der Waals surface area contributed by atoms with E-state index >= 15 is 0 Å². The lowest BCUT2D eigenvalue weighted by Crippen LogP contribution is -2.41. The Bertz CT molecular complexity index is 979. The molecule has 1 unspecified atom stereocenters. The standard InChI is InChI=1S/C15H25BN2O2S/c1-11-7-6-8-18(9-11)13-17-12(10-21-13)16-19-14(2,3)15(4,5)20-16/h10-11H,6-9H2,1-5H3/i1D3,6D2,7D2,8D2,9D2,10D,11D. The van der Waals surface area contributed by atoms with Crippen LogP contribution in [0.5, 0.6) is 0 Å². The molecule has 1 aromatic heterocycles. The number of anilines is 1. The van der Waals surface area contributed by atoms with E-state index < -0.39 is 61.9 Å². The first kappa shape index (κ1) is 6.14. The predicted octanol–water partition coefficient (Wildman–Crippen LogP) is 2.68. The van der Waals surface area contributed by atoms with Crippen molar-refractivity contribution < 1.29 is 27.1 Å². The first-order chi connectivity index (χ1) is 14.8. The molecule has 0 saturated carbocycles. The van der Waals surface area contributed by atoms with Gasteiger partial charge in [0.1, 0.15) is 0 Å². The van der Waals surface area contributed by atoms with Gasteiger partial charge in [0.15, 0.2) is 5.13 Å². The van der Waals surface area contributed by atoms with Gasteiger partial charge < -0.3 is 14.2 Å². The summed E-state index contributed by atoms with van der Waals surface area (Å²) in [6.07, 6.45) is -7.48. The molecule has 0 amide bonds. The third-order valence-electron chi connectivity index (χ3n) is 3.71. The van der Waals surface area contributed by atoms with E-state index in [0.29, 0.717) is 11.3 Å². The van der Waals surface area contributed by atoms with Crippen LogP contribution in [0, 0.1) is 5.89 Å². The van der Waals surface area contributed by atoms with Gasteiger partial charge in [0.05, 0.1) is 18.2 Å². The van der Waals surface area contributed by atoms with E-state index in [9.17, 15) is 0 Å². The number of rotatable bonds is 2. The van der Waals surface area contributed by atoms with Gasteiger partial charge in [-0.1, -0.05) is 6.85 Å². The van der Waals surface area contributed by atoms with E-state index in [1.165, 1.54) is 0 Å². The molecule has 1 atom stereocenters. The van der Waals surface area contributed by atoms with E-state index in [1.54, 1.807) is 27.7 Å². The Balaban J connectivity index is 2.23. The number of piperidine rings is 1. The Morgan fingerprint density at radius 2 is 2.24 bits per heavy atom. The molecule has 4 nitrogen and oxygen atoms in total.